The number of aromatic hydroxyl groups is 1. The normalized spacial score (nSPS) is 12.7. The molecule has 0 heterocycles. The van der Waals surface area contributed by atoms with Crippen LogP contribution in [-0.2, 0) is 6.54 Å². The van der Waals surface area contributed by atoms with Crippen molar-refractivity contribution in [2.45, 2.75) is 33.7 Å². The third-order valence-electron chi connectivity index (χ3n) is 3.10. The molecule has 1 rings (SSSR count). The zero-order chi connectivity index (χ0) is 13.5. The Morgan fingerprint density at radius 3 is 2.22 bits per heavy atom. The highest BCUT2D eigenvalue weighted by molar-refractivity contribution is 5.30. The van der Waals surface area contributed by atoms with Gasteiger partial charge in [-0.05, 0) is 43.5 Å². The molecule has 0 atom stereocenters. The van der Waals surface area contributed by atoms with Crippen LogP contribution in [0.1, 0.15) is 32.8 Å². The van der Waals surface area contributed by atoms with Crippen LogP contribution < -0.4 is 0 Å². The summed E-state index contributed by atoms with van der Waals surface area (Å²) in [6, 6.07) is 7.38. The minimum atomic E-state index is 0.315. The highest BCUT2D eigenvalue weighted by atomic mass is 16.3. The Labute approximate surface area is 110 Å². The Morgan fingerprint density at radius 1 is 1.17 bits per heavy atom. The van der Waals surface area contributed by atoms with Crippen molar-refractivity contribution in [1.82, 2.24) is 4.90 Å². The van der Waals surface area contributed by atoms with E-state index >= 15 is 0 Å². The lowest BCUT2D eigenvalue weighted by Gasteiger charge is -2.24. The molecule has 0 saturated carbocycles. The minimum Gasteiger partial charge on any atom is -0.508 e. The number of likely N-dealkylation sites (N-methyl/N-ethyl adjacent to an activating group) is 1. The number of hydrogen-bond acceptors (Lipinski definition) is 2. The van der Waals surface area contributed by atoms with Gasteiger partial charge in [0, 0.05) is 19.3 Å². The van der Waals surface area contributed by atoms with E-state index < -0.39 is 0 Å². The Bertz CT molecular complexity index is 429. The molecule has 0 unspecified atom stereocenters. The number of allylic oxidation sites excluding steroid dienone is 3. The molecular formula is C16H23NO. The van der Waals surface area contributed by atoms with Crippen LogP contribution in [0.25, 0.3) is 0 Å². The smallest absolute Gasteiger partial charge is 0.115 e. The van der Waals surface area contributed by atoms with Gasteiger partial charge in [-0.2, -0.15) is 0 Å². The molecule has 0 saturated heterocycles. The predicted octanol–water partition coefficient (Wildman–Crippen LogP) is 4.08. The number of phenols is 1. The van der Waals surface area contributed by atoms with E-state index in [1.165, 1.54) is 16.8 Å². The van der Waals surface area contributed by atoms with Gasteiger partial charge in [0.2, 0.25) is 0 Å². The lowest BCUT2D eigenvalue weighted by atomic mass is 10.1. The second kappa shape index (κ2) is 6.90. The Morgan fingerprint density at radius 2 is 1.78 bits per heavy atom. The summed E-state index contributed by atoms with van der Waals surface area (Å²) in [6.07, 6.45) is 5.36. The summed E-state index contributed by atoms with van der Waals surface area (Å²) in [7, 11) is 2.10. The number of hydrogen-bond donors (Lipinski definition) is 1. The monoisotopic (exact) mass is 245 g/mol. The molecule has 0 aliphatic heterocycles. The molecule has 0 amide bonds. The Hall–Kier alpha value is -1.70. The van der Waals surface area contributed by atoms with Crippen LogP contribution in [0.3, 0.4) is 0 Å². The van der Waals surface area contributed by atoms with Crippen LogP contribution >= 0.6 is 0 Å². The number of benzene rings is 1. The van der Waals surface area contributed by atoms with Crippen LogP contribution in [0.5, 0.6) is 5.75 Å². The van der Waals surface area contributed by atoms with Crippen LogP contribution in [0.2, 0.25) is 0 Å². The Kier molecular flexibility index (Phi) is 5.50. The molecule has 0 fully saturated rings. The standard InChI is InChI=1S/C16H23NO/c1-5-14(6-2)16(7-3)17(4)12-13-8-10-15(18)11-9-13/h5,7-11,18H,6,12H2,1-4H3/b14-5+,16-7-. The first-order chi connectivity index (χ1) is 8.62. The Balaban J connectivity index is 2.80. The van der Waals surface area contributed by atoms with Crippen molar-refractivity contribution in [2.75, 3.05) is 7.05 Å². The molecule has 2 nitrogen and oxygen atoms in total. The van der Waals surface area contributed by atoms with Crippen molar-refractivity contribution in [1.29, 1.82) is 0 Å². The fraction of sp³-hybridized carbons (Fsp3) is 0.375. The largest absolute Gasteiger partial charge is 0.508 e. The summed E-state index contributed by atoms with van der Waals surface area (Å²) >= 11 is 0. The van der Waals surface area contributed by atoms with Gasteiger partial charge in [-0.25, -0.2) is 0 Å². The van der Waals surface area contributed by atoms with E-state index in [0.717, 1.165) is 13.0 Å². The fourth-order valence-corrected chi connectivity index (χ4v) is 2.14. The minimum absolute atomic E-state index is 0.315. The van der Waals surface area contributed by atoms with Crippen LogP contribution in [-0.4, -0.2) is 17.1 Å². The quantitative estimate of drug-likeness (QED) is 0.790. The second-order valence-electron chi connectivity index (χ2n) is 4.36. The molecule has 98 valence electrons. The lowest BCUT2D eigenvalue weighted by Crippen LogP contribution is -2.18. The molecule has 0 aromatic heterocycles. The molecule has 0 aliphatic carbocycles. The van der Waals surface area contributed by atoms with Gasteiger partial charge in [-0.1, -0.05) is 31.2 Å². The van der Waals surface area contributed by atoms with Crippen molar-refractivity contribution >= 4 is 0 Å². The summed E-state index contributed by atoms with van der Waals surface area (Å²) < 4.78 is 0. The second-order valence-corrected chi connectivity index (χ2v) is 4.36. The first kappa shape index (κ1) is 14.4. The van der Waals surface area contributed by atoms with E-state index in [1.807, 2.05) is 12.1 Å². The molecule has 2 heteroatoms. The maximum absolute atomic E-state index is 9.28. The maximum atomic E-state index is 9.28. The molecule has 0 bridgehead atoms. The van der Waals surface area contributed by atoms with Gasteiger partial charge in [0.1, 0.15) is 5.75 Å². The summed E-state index contributed by atoms with van der Waals surface area (Å²) in [5, 5.41) is 9.28. The van der Waals surface area contributed by atoms with E-state index in [0.29, 0.717) is 5.75 Å². The topological polar surface area (TPSA) is 23.5 Å². The summed E-state index contributed by atoms with van der Waals surface area (Å²) in [6.45, 7) is 7.17. The highest BCUT2D eigenvalue weighted by Gasteiger charge is 2.08. The average Bonchev–Trinajstić information content (AvgIpc) is 2.38. The molecule has 0 radical (unpaired) electrons. The van der Waals surface area contributed by atoms with E-state index in [9.17, 15) is 5.11 Å². The lowest BCUT2D eigenvalue weighted by molar-refractivity contribution is 0.414. The van der Waals surface area contributed by atoms with Crippen molar-refractivity contribution in [3.8, 4) is 5.75 Å². The van der Waals surface area contributed by atoms with Gasteiger partial charge in [-0.15, -0.1) is 0 Å². The zero-order valence-corrected chi connectivity index (χ0v) is 11.8. The van der Waals surface area contributed by atoms with Crippen molar-refractivity contribution < 1.29 is 5.11 Å². The molecule has 0 aliphatic rings. The number of rotatable bonds is 5. The first-order valence-electron chi connectivity index (χ1n) is 6.43. The summed E-state index contributed by atoms with van der Waals surface area (Å²) in [5.74, 6) is 0.315. The van der Waals surface area contributed by atoms with Gasteiger partial charge in [0.05, 0.1) is 0 Å². The average molecular weight is 245 g/mol. The van der Waals surface area contributed by atoms with Crippen LogP contribution in [0, 0.1) is 0 Å². The number of phenolic OH excluding ortho intramolecular Hbond substituents is 1. The summed E-state index contributed by atoms with van der Waals surface area (Å²) in [4.78, 5) is 2.24. The third-order valence-corrected chi connectivity index (χ3v) is 3.10. The fourth-order valence-electron chi connectivity index (χ4n) is 2.14. The maximum Gasteiger partial charge on any atom is 0.115 e. The van der Waals surface area contributed by atoms with E-state index in [1.54, 1.807) is 12.1 Å². The van der Waals surface area contributed by atoms with Gasteiger partial charge in [0.15, 0.2) is 0 Å². The molecular weight excluding hydrogens is 222 g/mol. The van der Waals surface area contributed by atoms with Crippen LogP contribution in [0.4, 0.5) is 0 Å². The van der Waals surface area contributed by atoms with Crippen LogP contribution in [0.15, 0.2) is 47.7 Å². The van der Waals surface area contributed by atoms with Crippen molar-refractivity contribution in [3.63, 3.8) is 0 Å². The van der Waals surface area contributed by atoms with Gasteiger partial charge < -0.3 is 10.0 Å². The molecule has 1 aromatic carbocycles. The predicted molar refractivity (Wildman–Crippen MR) is 77.4 cm³/mol. The summed E-state index contributed by atoms with van der Waals surface area (Å²) in [5.41, 5.74) is 3.83. The van der Waals surface area contributed by atoms with E-state index in [2.05, 4.69) is 44.9 Å². The SMILES string of the molecule is C/C=C(/C(=C/C)CC)N(C)Cc1ccc(O)cc1. The van der Waals surface area contributed by atoms with E-state index in [-0.39, 0.29) is 0 Å². The molecule has 18 heavy (non-hydrogen) atoms. The molecule has 1 aromatic rings. The molecule has 1 N–H and O–H groups in total. The van der Waals surface area contributed by atoms with Crippen molar-refractivity contribution in [3.05, 3.63) is 53.3 Å². The van der Waals surface area contributed by atoms with Gasteiger partial charge in [0.25, 0.3) is 0 Å². The highest BCUT2D eigenvalue weighted by Crippen LogP contribution is 2.20. The third kappa shape index (κ3) is 3.66. The number of nitrogens with zero attached hydrogens (tertiary/aromatic N) is 1. The van der Waals surface area contributed by atoms with Crippen molar-refractivity contribution in [2.24, 2.45) is 0 Å². The van der Waals surface area contributed by atoms with E-state index in [4.69, 9.17) is 0 Å². The zero-order valence-electron chi connectivity index (χ0n) is 11.8. The molecule has 0 spiro atoms. The van der Waals surface area contributed by atoms with Gasteiger partial charge in [-0.3, -0.25) is 0 Å². The van der Waals surface area contributed by atoms with Gasteiger partial charge >= 0.3 is 0 Å². The first-order valence-corrected chi connectivity index (χ1v) is 6.43.